The zero-order valence-electron chi connectivity index (χ0n) is 10.7. The molecular weight excluding hydrogens is 264 g/mol. The number of benzene rings is 1. The third kappa shape index (κ3) is 6.86. The SMILES string of the molecule is O=C(O)CCCCCSCc1ccc(C(=O)O)cc1. The molecule has 0 saturated heterocycles. The summed E-state index contributed by atoms with van der Waals surface area (Å²) in [5.74, 6) is 0.225. The van der Waals surface area contributed by atoms with Crippen molar-refractivity contribution < 1.29 is 19.8 Å². The standard InChI is InChI=1S/C14H18O4S/c15-13(16)4-2-1-3-9-19-10-11-5-7-12(8-6-11)14(17)18/h5-8H,1-4,9-10H2,(H,15,16)(H,17,18). The minimum absolute atomic E-state index is 0.251. The Bertz CT molecular complexity index is 414. The lowest BCUT2D eigenvalue weighted by Gasteiger charge is -2.02. The summed E-state index contributed by atoms with van der Waals surface area (Å²) in [6, 6.07) is 6.90. The number of rotatable bonds is 9. The summed E-state index contributed by atoms with van der Waals surface area (Å²) in [7, 11) is 0. The second-order valence-electron chi connectivity index (χ2n) is 4.26. The number of carboxylic acid groups (broad SMARTS) is 2. The van der Waals surface area contributed by atoms with Crippen LogP contribution in [0.2, 0.25) is 0 Å². The first-order chi connectivity index (χ1) is 9.09. The zero-order chi connectivity index (χ0) is 14.1. The third-order valence-corrected chi connectivity index (χ3v) is 3.76. The van der Waals surface area contributed by atoms with Crippen molar-refractivity contribution in [1.29, 1.82) is 0 Å². The van der Waals surface area contributed by atoms with Crippen molar-refractivity contribution in [2.24, 2.45) is 0 Å². The molecule has 0 bridgehead atoms. The Kier molecular flexibility index (Phi) is 7.03. The second kappa shape index (κ2) is 8.58. The fourth-order valence-corrected chi connectivity index (χ4v) is 2.57. The second-order valence-corrected chi connectivity index (χ2v) is 5.36. The lowest BCUT2D eigenvalue weighted by Crippen LogP contribution is -1.96. The number of hydrogen-bond donors (Lipinski definition) is 2. The molecule has 0 aliphatic heterocycles. The van der Waals surface area contributed by atoms with E-state index in [1.54, 1.807) is 23.9 Å². The average molecular weight is 282 g/mol. The van der Waals surface area contributed by atoms with E-state index in [4.69, 9.17) is 10.2 Å². The quantitative estimate of drug-likeness (QED) is 0.680. The highest BCUT2D eigenvalue weighted by atomic mass is 32.2. The van der Waals surface area contributed by atoms with E-state index >= 15 is 0 Å². The molecule has 0 amide bonds. The minimum Gasteiger partial charge on any atom is -0.481 e. The number of carbonyl (C=O) groups is 2. The van der Waals surface area contributed by atoms with E-state index < -0.39 is 11.9 Å². The number of aromatic carboxylic acids is 1. The molecule has 0 unspecified atom stereocenters. The number of hydrogen-bond acceptors (Lipinski definition) is 3. The monoisotopic (exact) mass is 282 g/mol. The number of unbranched alkanes of at least 4 members (excludes halogenated alkanes) is 2. The summed E-state index contributed by atoms with van der Waals surface area (Å²) in [4.78, 5) is 21.0. The van der Waals surface area contributed by atoms with Crippen LogP contribution in [-0.4, -0.2) is 27.9 Å². The maximum absolute atomic E-state index is 10.7. The summed E-state index contributed by atoms with van der Waals surface area (Å²) in [5, 5.41) is 17.2. The van der Waals surface area contributed by atoms with Crippen molar-refractivity contribution in [3.8, 4) is 0 Å². The van der Waals surface area contributed by atoms with Crippen LogP contribution in [0.4, 0.5) is 0 Å². The Labute approximate surface area is 116 Å². The third-order valence-electron chi connectivity index (χ3n) is 2.65. The Balaban J connectivity index is 2.12. The Morgan fingerprint density at radius 1 is 1.00 bits per heavy atom. The van der Waals surface area contributed by atoms with Gasteiger partial charge in [-0.1, -0.05) is 18.6 Å². The predicted octanol–water partition coefficient (Wildman–Crippen LogP) is 3.26. The minimum atomic E-state index is -0.905. The predicted molar refractivity (Wildman–Crippen MR) is 75.7 cm³/mol. The molecule has 1 aromatic rings. The highest BCUT2D eigenvalue weighted by Gasteiger charge is 2.01. The lowest BCUT2D eigenvalue weighted by atomic mass is 10.1. The Hall–Kier alpha value is -1.49. The number of thioether (sulfide) groups is 1. The molecule has 0 atom stereocenters. The van der Waals surface area contributed by atoms with Gasteiger partial charge in [0.25, 0.3) is 0 Å². The van der Waals surface area contributed by atoms with Crippen LogP contribution in [0.1, 0.15) is 41.6 Å². The normalized spacial score (nSPS) is 10.3. The lowest BCUT2D eigenvalue weighted by molar-refractivity contribution is -0.137. The first-order valence-electron chi connectivity index (χ1n) is 6.21. The highest BCUT2D eigenvalue weighted by Crippen LogP contribution is 2.15. The fraction of sp³-hybridized carbons (Fsp3) is 0.429. The topological polar surface area (TPSA) is 74.6 Å². The van der Waals surface area contributed by atoms with Crippen LogP contribution >= 0.6 is 11.8 Å². The first-order valence-corrected chi connectivity index (χ1v) is 7.37. The molecule has 19 heavy (non-hydrogen) atoms. The van der Waals surface area contributed by atoms with Gasteiger partial charge in [0, 0.05) is 12.2 Å². The van der Waals surface area contributed by atoms with Gasteiger partial charge in [0.15, 0.2) is 0 Å². The molecule has 2 N–H and O–H groups in total. The van der Waals surface area contributed by atoms with Gasteiger partial charge in [-0.3, -0.25) is 4.79 Å². The molecule has 0 saturated carbocycles. The summed E-state index contributed by atoms with van der Waals surface area (Å²) < 4.78 is 0. The van der Waals surface area contributed by atoms with Crippen molar-refractivity contribution in [2.75, 3.05) is 5.75 Å². The van der Waals surface area contributed by atoms with Gasteiger partial charge in [-0.05, 0) is 36.3 Å². The van der Waals surface area contributed by atoms with Crippen LogP contribution in [0.5, 0.6) is 0 Å². The van der Waals surface area contributed by atoms with E-state index in [0.717, 1.165) is 36.3 Å². The van der Waals surface area contributed by atoms with Gasteiger partial charge in [0.2, 0.25) is 0 Å². The van der Waals surface area contributed by atoms with E-state index in [9.17, 15) is 9.59 Å². The molecule has 0 fully saturated rings. The summed E-state index contributed by atoms with van der Waals surface area (Å²) in [6.45, 7) is 0. The summed E-state index contributed by atoms with van der Waals surface area (Å²) in [5.41, 5.74) is 1.42. The molecule has 0 heterocycles. The van der Waals surface area contributed by atoms with Crippen LogP contribution in [0, 0.1) is 0 Å². The number of carboxylic acids is 2. The molecule has 1 rings (SSSR count). The molecular formula is C14H18O4S. The summed E-state index contributed by atoms with van der Waals surface area (Å²) in [6.07, 6.45) is 2.95. The molecule has 0 aromatic heterocycles. The van der Waals surface area contributed by atoms with Gasteiger partial charge in [-0.15, -0.1) is 0 Å². The van der Waals surface area contributed by atoms with Crippen LogP contribution in [-0.2, 0) is 10.5 Å². The van der Waals surface area contributed by atoms with Crippen molar-refractivity contribution in [2.45, 2.75) is 31.4 Å². The van der Waals surface area contributed by atoms with Crippen LogP contribution < -0.4 is 0 Å². The molecule has 0 aliphatic rings. The van der Waals surface area contributed by atoms with Crippen molar-refractivity contribution in [3.05, 3.63) is 35.4 Å². The van der Waals surface area contributed by atoms with Gasteiger partial charge in [0.05, 0.1) is 5.56 Å². The van der Waals surface area contributed by atoms with Gasteiger partial charge < -0.3 is 10.2 Å². The van der Waals surface area contributed by atoms with Crippen molar-refractivity contribution in [1.82, 2.24) is 0 Å². The molecule has 0 spiro atoms. The molecule has 4 nitrogen and oxygen atoms in total. The average Bonchev–Trinajstić information content (AvgIpc) is 2.38. The number of aliphatic carboxylic acids is 1. The molecule has 104 valence electrons. The van der Waals surface area contributed by atoms with E-state index in [1.807, 2.05) is 12.1 Å². The van der Waals surface area contributed by atoms with E-state index in [-0.39, 0.29) is 6.42 Å². The first kappa shape index (κ1) is 15.6. The van der Waals surface area contributed by atoms with E-state index in [2.05, 4.69) is 0 Å². The molecule has 5 heteroatoms. The van der Waals surface area contributed by atoms with E-state index in [1.165, 1.54) is 0 Å². The zero-order valence-corrected chi connectivity index (χ0v) is 11.5. The Morgan fingerprint density at radius 3 is 2.26 bits per heavy atom. The maximum atomic E-state index is 10.7. The van der Waals surface area contributed by atoms with Crippen LogP contribution in [0.15, 0.2) is 24.3 Å². The Morgan fingerprint density at radius 2 is 1.68 bits per heavy atom. The smallest absolute Gasteiger partial charge is 0.335 e. The highest BCUT2D eigenvalue weighted by molar-refractivity contribution is 7.98. The van der Waals surface area contributed by atoms with Crippen molar-refractivity contribution in [3.63, 3.8) is 0 Å². The molecule has 1 aromatic carbocycles. The largest absolute Gasteiger partial charge is 0.481 e. The molecule has 0 aliphatic carbocycles. The maximum Gasteiger partial charge on any atom is 0.335 e. The van der Waals surface area contributed by atoms with Gasteiger partial charge in [0.1, 0.15) is 0 Å². The fourth-order valence-electron chi connectivity index (χ4n) is 1.59. The van der Waals surface area contributed by atoms with Gasteiger partial charge in [-0.25, -0.2) is 4.79 Å². The molecule has 0 radical (unpaired) electrons. The van der Waals surface area contributed by atoms with Crippen LogP contribution in [0.25, 0.3) is 0 Å². The van der Waals surface area contributed by atoms with E-state index in [0.29, 0.717) is 5.56 Å². The van der Waals surface area contributed by atoms with Gasteiger partial charge >= 0.3 is 11.9 Å². The van der Waals surface area contributed by atoms with Gasteiger partial charge in [-0.2, -0.15) is 11.8 Å². The van der Waals surface area contributed by atoms with Crippen molar-refractivity contribution >= 4 is 23.7 Å². The van der Waals surface area contributed by atoms with Crippen LogP contribution in [0.3, 0.4) is 0 Å². The summed E-state index contributed by atoms with van der Waals surface area (Å²) >= 11 is 1.78.